The Kier molecular flexibility index (Phi) is 9.18. The van der Waals surface area contributed by atoms with Crippen LogP contribution < -0.4 is 16.0 Å². The molecule has 2 aromatic carbocycles. The average Bonchev–Trinajstić information content (AvgIpc) is 2.73. The van der Waals surface area contributed by atoms with Crippen molar-refractivity contribution in [3.05, 3.63) is 65.2 Å². The fraction of sp³-hybridized carbons (Fsp3) is 0.391. The van der Waals surface area contributed by atoms with Gasteiger partial charge in [-0.05, 0) is 43.4 Å². The first-order chi connectivity index (χ1) is 14.1. The molecule has 2 amide bonds. The topological polar surface area (TPSA) is 80.0 Å². The highest BCUT2D eigenvalue weighted by molar-refractivity contribution is 6.04. The number of nitrogens with two attached hydrogens (primary N) is 1. The number of carbonyl (C=O) groups is 1. The smallest absolute Gasteiger partial charge is 0.328 e. The van der Waals surface area contributed by atoms with E-state index in [1.54, 1.807) is 4.90 Å². The highest BCUT2D eigenvalue weighted by Gasteiger charge is 2.19. The van der Waals surface area contributed by atoms with Crippen molar-refractivity contribution in [1.29, 1.82) is 0 Å². The van der Waals surface area contributed by atoms with E-state index in [1.807, 2.05) is 50.2 Å². The first kappa shape index (κ1) is 22.4. The molecule has 0 radical (unpaired) electrons. The summed E-state index contributed by atoms with van der Waals surface area (Å²) in [6.45, 7) is 8.06. The minimum absolute atomic E-state index is 0.103. The summed E-state index contributed by atoms with van der Waals surface area (Å²) in [5.41, 5.74) is 10.3. The second-order valence-electron chi connectivity index (χ2n) is 6.73. The molecule has 0 unspecified atom stereocenters. The van der Waals surface area contributed by atoms with E-state index in [0.717, 1.165) is 29.7 Å². The molecule has 0 spiro atoms. The molecule has 2 aromatic rings. The highest BCUT2D eigenvalue weighted by Crippen LogP contribution is 2.25. The van der Waals surface area contributed by atoms with Gasteiger partial charge in [0.05, 0.1) is 25.4 Å². The zero-order chi connectivity index (χ0) is 21.1. The number of nitrogens with one attached hydrogen (secondary N) is 1. The number of rotatable bonds is 9. The van der Waals surface area contributed by atoms with E-state index in [1.165, 1.54) is 5.56 Å². The third kappa shape index (κ3) is 6.91. The van der Waals surface area contributed by atoms with Crippen LogP contribution in [-0.2, 0) is 17.6 Å². The van der Waals surface area contributed by atoms with Crippen molar-refractivity contribution in [2.75, 3.05) is 31.2 Å². The predicted molar refractivity (Wildman–Crippen MR) is 120 cm³/mol. The van der Waals surface area contributed by atoms with Gasteiger partial charge in [-0.15, -0.1) is 0 Å². The maximum atomic E-state index is 12.7. The Balaban J connectivity index is 1.82. The molecule has 6 nitrogen and oxygen atoms in total. The van der Waals surface area contributed by atoms with Gasteiger partial charge < -0.3 is 10.5 Å². The number of hydrogen-bond acceptors (Lipinski definition) is 3. The van der Waals surface area contributed by atoms with Gasteiger partial charge in [0.1, 0.15) is 0 Å². The van der Waals surface area contributed by atoms with Crippen LogP contribution in [0.5, 0.6) is 0 Å². The summed E-state index contributed by atoms with van der Waals surface area (Å²) in [4.78, 5) is 18.6. The molecule has 3 N–H and O–H groups in total. The number of benzene rings is 2. The quantitative estimate of drug-likeness (QED) is 0.386. The van der Waals surface area contributed by atoms with E-state index in [-0.39, 0.29) is 12.0 Å². The highest BCUT2D eigenvalue weighted by atomic mass is 16.5. The third-order valence-electron chi connectivity index (χ3n) is 4.66. The standard InChI is InChI=1S/C23H32N4O2/c1-4-20-13-9-10-18(3)21(20)27(5-2)23(28)26-22(24)25-15-17-29-16-14-19-11-7-6-8-12-19/h6-13H,4-5,14-17H2,1-3H3,(H3,24,25,26,28). The fourth-order valence-corrected chi connectivity index (χ4v) is 3.18. The van der Waals surface area contributed by atoms with Crippen LogP contribution in [0.4, 0.5) is 10.5 Å². The van der Waals surface area contributed by atoms with Gasteiger partial charge in [-0.2, -0.15) is 0 Å². The van der Waals surface area contributed by atoms with Gasteiger partial charge in [-0.1, -0.05) is 55.5 Å². The van der Waals surface area contributed by atoms with E-state index in [2.05, 4.69) is 29.4 Å². The van der Waals surface area contributed by atoms with Crippen LogP contribution in [0.2, 0.25) is 0 Å². The van der Waals surface area contributed by atoms with Crippen LogP contribution in [0.1, 0.15) is 30.5 Å². The Morgan fingerprint density at radius 2 is 1.86 bits per heavy atom. The molecule has 6 heteroatoms. The molecule has 0 aliphatic heterocycles. The maximum Gasteiger partial charge on any atom is 0.328 e. The fourth-order valence-electron chi connectivity index (χ4n) is 3.18. The largest absolute Gasteiger partial charge is 0.379 e. The lowest BCUT2D eigenvalue weighted by Crippen LogP contribution is -2.46. The maximum absolute atomic E-state index is 12.7. The number of carbonyl (C=O) groups excluding carboxylic acids is 1. The lowest BCUT2D eigenvalue weighted by Gasteiger charge is -2.25. The third-order valence-corrected chi connectivity index (χ3v) is 4.66. The van der Waals surface area contributed by atoms with Crippen LogP contribution >= 0.6 is 0 Å². The molecule has 0 aromatic heterocycles. The first-order valence-corrected chi connectivity index (χ1v) is 10.1. The van der Waals surface area contributed by atoms with Crippen molar-refractivity contribution < 1.29 is 9.53 Å². The number of guanidine groups is 1. The molecule has 0 saturated carbocycles. The minimum Gasteiger partial charge on any atom is -0.379 e. The molecular formula is C23H32N4O2. The zero-order valence-corrected chi connectivity index (χ0v) is 17.6. The lowest BCUT2D eigenvalue weighted by atomic mass is 10.0. The summed E-state index contributed by atoms with van der Waals surface area (Å²) in [7, 11) is 0. The molecule has 0 fully saturated rings. The van der Waals surface area contributed by atoms with Crippen LogP contribution in [0.15, 0.2) is 53.5 Å². The molecule has 2 rings (SSSR count). The number of urea groups is 1. The van der Waals surface area contributed by atoms with E-state index >= 15 is 0 Å². The van der Waals surface area contributed by atoms with E-state index in [4.69, 9.17) is 10.5 Å². The van der Waals surface area contributed by atoms with E-state index in [9.17, 15) is 4.79 Å². The van der Waals surface area contributed by atoms with E-state index in [0.29, 0.717) is 26.3 Å². The summed E-state index contributed by atoms with van der Waals surface area (Å²) in [6.07, 6.45) is 1.71. The summed E-state index contributed by atoms with van der Waals surface area (Å²) in [6, 6.07) is 16.0. The number of nitrogens with zero attached hydrogens (tertiary/aromatic N) is 2. The molecule has 0 aliphatic rings. The zero-order valence-electron chi connectivity index (χ0n) is 17.6. The van der Waals surface area contributed by atoms with Crippen LogP contribution in [0, 0.1) is 6.92 Å². The predicted octanol–water partition coefficient (Wildman–Crippen LogP) is 3.67. The van der Waals surface area contributed by atoms with Gasteiger partial charge in [0, 0.05) is 6.54 Å². The number of aryl methyl sites for hydroxylation is 2. The van der Waals surface area contributed by atoms with Crippen LogP contribution in [0.3, 0.4) is 0 Å². The Hall–Kier alpha value is -2.86. The van der Waals surface area contributed by atoms with Crippen LogP contribution in [-0.4, -0.2) is 38.3 Å². The summed E-state index contributed by atoms with van der Waals surface area (Å²) in [5, 5.41) is 2.68. The van der Waals surface area contributed by atoms with Crippen molar-refractivity contribution in [2.45, 2.75) is 33.6 Å². The number of anilines is 1. The molecule has 0 saturated heterocycles. The van der Waals surface area contributed by atoms with Crippen molar-refractivity contribution >= 4 is 17.7 Å². The van der Waals surface area contributed by atoms with Crippen molar-refractivity contribution in [1.82, 2.24) is 5.32 Å². The molecule has 29 heavy (non-hydrogen) atoms. The summed E-state index contributed by atoms with van der Waals surface area (Å²) in [5.74, 6) is 0.103. The Morgan fingerprint density at radius 1 is 1.10 bits per heavy atom. The van der Waals surface area contributed by atoms with Gasteiger partial charge in [-0.25, -0.2) is 4.79 Å². The SMILES string of the molecule is CCc1cccc(C)c1N(CC)C(=O)NC(N)=NCCOCCc1ccccc1. The Bertz CT molecular complexity index is 806. The number of amides is 2. The summed E-state index contributed by atoms with van der Waals surface area (Å²) < 4.78 is 5.59. The number of aliphatic imine (C=N–C) groups is 1. The number of ether oxygens (including phenoxy) is 1. The van der Waals surface area contributed by atoms with Gasteiger partial charge in [-0.3, -0.25) is 15.2 Å². The number of para-hydroxylation sites is 1. The van der Waals surface area contributed by atoms with Crippen molar-refractivity contribution in [2.24, 2.45) is 10.7 Å². The minimum atomic E-state index is -0.275. The molecule has 0 heterocycles. The van der Waals surface area contributed by atoms with Crippen molar-refractivity contribution in [3.63, 3.8) is 0 Å². The van der Waals surface area contributed by atoms with Gasteiger partial charge >= 0.3 is 6.03 Å². The second-order valence-corrected chi connectivity index (χ2v) is 6.73. The van der Waals surface area contributed by atoms with E-state index < -0.39 is 0 Å². The lowest BCUT2D eigenvalue weighted by molar-refractivity contribution is 0.145. The van der Waals surface area contributed by atoms with Gasteiger partial charge in [0.25, 0.3) is 0 Å². The molecule has 156 valence electrons. The van der Waals surface area contributed by atoms with Gasteiger partial charge in [0.2, 0.25) is 0 Å². The van der Waals surface area contributed by atoms with Gasteiger partial charge in [0.15, 0.2) is 5.96 Å². The summed E-state index contributed by atoms with van der Waals surface area (Å²) >= 11 is 0. The van der Waals surface area contributed by atoms with Crippen LogP contribution in [0.25, 0.3) is 0 Å². The first-order valence-electron chi connectivity index (χ1n) is 10.1. The molecule has 0 atom stereocenters. The van der Waals surface area contributed by atoms with Crippen molar-refractivity contribution in [3.8, 4) is 0 Å². The average molecular weight is 397 g/mol. The molecule has 0 bridgehead atoms. The Labute approximate surface area is 173 Å². The number of hydrogen-bond donors (Lipinski definition) is 2. The molecule has 0 aliphatic carbocycles. The monoisotopic (exact) mass is 396 g/mol. The Morgan fingerprint density at radius 3 is 2.55 bits per heavy atom. The normalized spacial score (nSPS) is 11.3. The second kappa shape index (κ2) is 11.9. The molecular weight excluding hydrogens is 364 g/mol.